The first-order valence-corrected chi connectivity index (χ1v) is 12.5. The van der Waals surface area contributed by atoms with Crippen LogP contribution in [-0.4, -0.2) is 32.3 Å². The molecule has 1 fully saturated rings. The Kier molecular flexibility index (Phi) is 7.56. The first kappa shape index (κ1) is 26.0. The molecule has 1 N–H and O–H groups in total. The van der Waals surface area contributed by atoms with Gasteiger partial charge in [-0.05, 0) is 66.8 Å². The van der Waals surface area contributed by atoms with Crippen molar-refractivity contribution in [2.24, 2.45) is 5.92 Å². The van der Waals surface area contributed by atoms with Crippen molar-refractivity contribution in [3.63, 3.8) is 0 Å². The minimum atomic E-state index is -4.52. The van der Waals surface area contributed by atoms with Crippen LogP contribution in [0.4, 0.5) is 17.6 Å². The molecule has 0 bridgehead atoms. The molecule has 1 saturated heterocycles. The average Bonchev–Trinajstić information content (AvgIpc) is 3.39. The molecule has 0 aromatic heterocycles. The number of nitrogens with one attached hydrogen (secondary N) is 1. The van der Waals surface area contributed by atoms with Gasteiger partial charge in [0.1, 0.15) is 11.6 Å². The van der Waals surface area contributed by atoms with Gasteiger partial charge in [-0.1, -0.05) is 24.3 Å². The van der Waals surface area contributed by atoms with Crippen LogP contribution in [-0.2, 0) is 12.6 Å². The molecule has 2 aliphatic heterocycles. The number of ether oxygens (including phenoxy) is 3. The minimum Gasteiger partial charge on any atom is -0.493 e. The summed E-state index contributed by atoms with van der Waals surface area (Å²) in [5.74, 6) is 0.811. The summed E-state index contributed by atoms with van der Waals surface area (Å²) < 4.78 is 71.4. The van der Waals surface area contributed by atoms with Gasteiger partial charge in [0, 0.05) is 24.9 Å². The summed E-state index contributed by atoms with van der Waals surface area (Å²) in [5, 5.41) is 3.36. The topological polar surface area (TPSA) is 56.8 Å². The predicted molar refractivity (Wildman–Crippen MR) is 132 cm³/mol. The van der Waals surface area contributed by atoms with Crippen LogP contribution in [0, 0.1) is 11.7 Å². The molecule has 2 aliphatic rings. The zero-order valence-electron chi connectivity index (χ0n) is 20.5. The van der Waals surface area contributed by atoms with Gasteiger partial charge in [-0.2, -0.15) is 13.2 Å². The number of fused-ring (bicyclic) bond motifs is 1. The first-order chi connectivity index (χ1) is 18.3. The Morgan fingerprint density at radius 3 is 2.68 bits per heavy atom. The molecule has 200 valence electrons. The highest BCUT2D eigenvalue weighted by Gasteiger charge is 2.33. The smallest absolute Gasteiger partial charge is 0.416 e. The summed E-state index contributed by atoms with van der Waals surface area (Å²) in [6.07, 6.45) is -4.10. The SMILES string of the molecule is O=C(CCc1ccccc1C(F)(F)F)c1cc([C@@H]2CCNC[C@H]2COc2ccc3c(c2)OCO3)ccc1F. The van der Waals surface area contributed by atoms with Gasteiger partial charge in [-0.25, -0.2) is 4.39 Å². The maximum absolute atomic E-state index is 14.7. The second-order valence-electron chi connectivity index (χ2n) is 9.50. The fourth-order valence-corrected chi connectivity index (χ4v) is 5.09. The number of alkyl halides is 3. The third-order valence-electron chi connectivity index (χ3n) is 7.08. The second kappa shape index (κ2) is 11.0. The van der Waals surface area contributed by atoms with E-state index in [1.165, 1.54) is 24.3 Å². The number of hydrogen-bond donors (Lipinski definition) is 1. The molecule has 3 aromatic rings. The van der Waals surface area contributed by atoms with Crippen molar-refractivity contribution < 1.29 is 36.6 Å². The number of hydrogen-bond acceptors (Lipinski definition) is 5. The van der Waals surface area contributed by atoms with Gasteiger partial charge in [-0.3, -0.25) is 4.79 Å². The number of carbonyl (C=O) groups excluding carboxylic acids is 1. The van der Waals surface area contributed by atoms with Crippen LogP contribution < -0.4 is 19.5 Å². The molecule has 38 heavy (non-hydrogen) atoms. The van der Waals surface area contributed by atoms with Gasteiger partial charge in [0.2, 0.25) is 6.79 Å². The first-order valence-electron chi connectivity index (χ1n) is 12.5. The van der Waals surface area contributed by atoms with Crippen LogP contribution in [0.5, 0.6) is 17.2 Å². The van der Waals surface area contributed by atoms with Gasteiger partial charge in [0.15, 0.2) is 17.3 Å². The third kappa shape index (κ3) is 5.78. The number of carbonyl (C=O) groups is 1. The number of halogens is 4. The quantitative estimate of drug-likeness (QED) is 0.280. The number of rotatable bonds is 8. The molecular weight excluding hydrogens is 502 g/mol. The average molecular weight is 530 g/mol. The van der Waals surface area contributed by atoms with Crippen LogP contribution in [0.1, 0.15) is 45.8 Å². The van der Waals surface area contributed by atoms with E-state index >= 15 is 0 Å². The number of ketones is 1. The van der Waals surface area contributed by atoms with Gasteiger partial charge in [-0.15, -0.1) is 0 Å². The van der Waals surface area contributed by atoms with Crippen molar-refractivity contribution >= 4 is 5.78 Å². The molecule has 2 heterocycles. The molecule has 0 unspecified atom stereocenters. The molecule has 3 aromatic carbocycles. The van der Waals surface area contributed by atoms with Crippen molar-refractivity contribution in [2.45, 2.75) is 31.4 Å². The molecule has 2 atom stereocenters. The van der Waals surface area contributed by atoms with E-state index in [9.17, 15) is 22.4 Å². The molecule has 0 aliphatic carbocycles. The van der Waals surface area contributed by atoms with Crippen molar-refractivity contribution in [3.05, 3.63) is 88.7 Å². The minimum absolute atomic E-state index is 0.0170. The molecule has 5 nitrogen and oxygen atoms in total. The highest BCUT2D eigenvalue weighted by atomic mass is 19.4. The standard InChI is InChI=1S/C29H27F4NO4/c30-25-8-5-19(13-23(25)26(35)9-6-18-3-1-2-4-24(18)29(31,32)33)22-11-12-34-15-20(22)16-36-21-7-10-27-28(14-21)38-17-37-27/h1-5,7-8,10,13-14,20,22,34H,6,9,11-12,15-17H2/t20-,22-/m0/s1. The zero-order valence-corrected chi connectivity index (χ0v) is 20.5. The maximum Gasteiger partial charge on any atom is 0.416 e. The fraction of sp³-hybridized carbons (Fsp3) is 0.345. The van der Waals surface area contributed by atoms with E-state index in [4.69, 9.17) is 14.2 Å². The van der Waals surface area contributed by atoms with Crippen LogP contribution in [0.15, 0.2) is 60.7 Å². The molecule has 5 rings (SSSR count). The third-order valence-corrected chi connectivity index (χ3v) is 7.08. The Hall–Kier alpha value is -3.59. The van der Waals surface area contributed by atoms with E-state index in [1.807, 2.05) is 6.07 Å². The van der Waals surface area contributed by atoms with Crippen molar-refractivity contribution in [3.8, 4) is 17.2 Å². The zero-order chi connectivity index (χ0) is 26.7. The number of Topliss-reactive ketones (excluding diaryl/α,β-unsaturated/α-hetero) is 1. The van der Waals surface area contributed by atoms with Crippen molar-refractivity contribution in [1.82, 2.24) is 5.32 Å². The molecule has 0 saturated carbocycles. The van der Waals surface area contributed by atoms with Gasteiger partial charge in [0.05, 0.1) is 17.7 Å². The van der Waals surface area contributed by atoms with Gasteiger partial charge in [0.25, 0.3) is 0 Å². The summed E-state index contributed by atoms with van der Waals surface area (Å²) in [7, 11) is 0. The normalized spacial score (nSPS) is 18.8. The Bertz CT molecular complexity index is 1310. The summed E-state index contributed by atoms with van der Waals surface area (Å²) in [4.78, 5) is 12.9. The molecule has 0 spiro atoms. The summed E-state index contributed by atoms with van der Waals surface area (Å²) in [5.41, 5.74) is -0.0433. The highest BCUT2D eigenvalue weighted by Crippen LogP contribution is 2.37. The van der Waals surface area contributed by atoms with Gasteiger partial charge < -0.3 is 19.5 Å². The highest BCUT2D eigenvalue weighted by molar-refractivity contribution is 5.96. The van der Waals surface area contributed by atoms with E-state index in [0.717, 1.165) is 24.6 Å². The molecule has 0 amide bonds. The van der Waals surface area contributed by atoms with Crippen LogP contribution in [0.3, 0.4) is 0 Å². The van der Waals surface area contributed by atoms with E-state index in [1.54, 1.807) is 24.3 Å². The maximum atomic E-state index is 14.7. The number of benzene rings is 3. The van der Waals surface area contributed by atoms with Gasteiger partial charge >= 0.3 is 6.18 Å². The Labute approximate surface area is 217 Å². The lowest BCUT2D eigenvalue weighted by Crippen LogP contribution is -2.38. The summed E-state index contributed by atoms with van der Waals surface area (Å²) in [6, 6.07) is 15.0. The fourth-order valence-electron chi connectivity index (χ4n) is 5.09. The molecule has 0 radical (unpaired) electrons. The lowest BCUT2D eigenvalue weighted by molar-refractivity contribution is -0.138. The monoisotopic (exact) mass is 529 g/mol. The Morgan fingerprint density at radius 2 is 1.84 bits per heavy atom. The summed E-state index contributed by atoms with van der Waals surface area (Å²) >= 11 is 0. The Balaban J connectivity index is 1.28. The van der Waals surface area contributed by atoms with E-state index in [2.05, 4.69) is 5.32 Å². The van der Waals surface area contributed by atoms with Crippen LogP contribution in [0.25, 0.3) is 0 Å². The van der Waals surface area contributed by atoms with Crippen LogP contribution in [0.2, 0.25) is 0 Å². The van der Waals surface area contributed by atoms with Crippen molar-refractivity contribution in [2.75, 3.05) is 26.5 Å². The molecular formula is C29H27F4NO4. The summed E-state index contributed by atoms with van der Waals surface area (Å²) in [6.45, 7) is 2.02. The van der Waals surface area contributed by atoms with E-state index in [0.29, 0.717) is 30.4 Å². The second-order valence-corrected chi connectivity index (χ2v) is 9.50. The molecule has 9 heteroatoms. The lowest BCUT2D eigenvalue weighted by Gasteiger charge is -2.32. The van der Waals surface area contributed by atoms with E-state index < -0.39 is 23.3 Å². The van der Waals surface area contributed by atoms with Crippen molar-refractivity contribution in [1.29, 1.82) is 0 Å². The van der Waals surface area contributed by atoms with Crippen LogP contribution >= 0.6 is 0 Å². The predicted octanol–water partition coefficient (Wildman–Crippen LogP) is 6.16. The largest absolute Gasteiger partial charge is 0.493 e. The van der Waals surface area contributed by atoms with E-state index in [-0.39, 0.29) is 42.6 Å². The number of aryl methyl sites for hydroxylation is 1. The lowest BCUT2D eigenvalue weighted by atomic mass is 9.80. The number of piperidine rings is 1. The Morgan fingerprint density at radius 1 is 1.03 bits per heavy atom.